The van der Waals surface area contributed by atoms with Gasteiger partial charge in [-0.1, -0.05) is 0 Å². The molecule has 0 saturated carbocycles. The maximum atomic E-state index is 8.28. The van der Waals surface area contributed by atoms with Crippen LogP contribution in [0.1, 0.15) is 0 Å². The summed E-state index contributed by atoms with van der Waals surface area (Å²) < 4.78 is 8.28. The van der Waals surface area contributed by atoms with Gasteiger partial charge in [0, 0.05) is 40.5 Å². The second-order valence-corrected chi connectivity index (χ2v) is 0. The van der Waals surface area contributed by atoms with Crippen molar-refractivity contribution >= 4 is 16.2 Å². The molecule has 0 atom stereocenters. The fourth-order valence-electron chi connectivity index (χ4n) is 0. The van der Waals surface area contributed by atoms with E-state index in [9.17, 15) is 0 Å². The maximum absolute atomic E-state index is 8.28. The summed E-state index contributed by atoms with van der Waals surface area (Å²) in [5, 5.41) is 0. The SMILES string of the molecule is [O]=[AlH].[Pt].[Rh]. The Bertz CT molecular complexity index is 8.00. The van der Waals surface area contributed by atoms with Crippen LogP contribution in [0, 0.1) is 0 Å². The van der Waals surface area contributed by atoms with E-state index in [4.69, 9.17) is 3.80 Å². The molecule has 29 valence electrons. The second-order valence-electron chi connectivity index (χ2n) is 0. The Hall–Kier alpha value is 1.64. The van der Waals surface area contributed by atoms with Crippen LogP contribution in [-0.2, 0) is 44.3 Å². The minimum absolute atomic E-state index is 0. The summed E-state index contributed by atoms with van der Waals surface area (Å²) in [6.45, 7) is 0. The van der Waals surface area contributed by atoms with Crippen molar-refractivity contribution < 1.29 is 44.3 Å². The molecule has 0 N–H and O–H groups in total. The van der Waals surface area contributed by atoms with Gasteiger partial charge in [0.1, 0.15) is 0 Å². The molecule has 0 heterocycles. The van der Waals surface area contributed by atoms with E-state index in [1.54, 1.807) is 0 Å². The predicted octanol–water partition coefficient (Wildman–Crippen LogP) is -0.772. The first-order valence-corrected chi connectivity index (χ1v) is 0.866. The van der Waals surface area contributed by atoms with Crippen LogP contribution in [0.4, 0.5) is 0 Å². The van der Waals surface area contributed by atoms with Crippen molar-refractivity contribution in [2.75, 3.05) is 0 Å². The van der Waals surface area contributed by atoms with E-state index in [1.165, 1.54) is 0 Å². The second kappa shape index (κ2) is 22.8. The molecule has 0 rings (SSSR count). The van der Waals surface area contributed by atoms with Crippen molar-refractivity contribution in [3.63, 3.8) is 0 Å². The molecule has 0 aromatic heterocycles. The Labute approximate surface area is 60.2 Å². The van der Waals surface area contributed by atoms with Crippen LogP contribution in [0.2, 0.25) is 0 Å². The molecule has 1 radical (unpaired) electrons. The van der Waals surface area contributed by atoms with Crippen LogP contribution >= 0.6 is 0 Å². The van der Waals surface area contributed by atoms with E-state index in [2.05, 4.69) is 0 Å². The normalized spacial score (nSPS) is 0.750. The Morgan fingerprint density at radius 2 is 1.25 bits per heavy atom. The summed E-state index contributed by atoms with van der Waals surface area (Å²) >= 11 is 0.611. The quantitative estimate of drug-likeness (QED) is 0.529. The van der Waals surface area contributed by atoms with E-state index in [-0.39, 0.29) is 40.5 Å². The molecule has 0 aromatic carbocycles. The molecule has 4 heteroatoms. The molecular formula is HAlOPtRh. The van der Waals surface area contributed by atoms with Gasteiger partial charge in [-0.2, -0.15) is 0 Å². The van der Waals surface area contributed by atoms with Crippen molar-refractivity contribution in [1.82, 2.24) is 0 Å². The Balaban J connectivity index is -0.00000000500. The Morgan fingerprint density at radius 3 is 1.25 bits per heavy atom. The number of hydrogen-bond donors (Lipinski definition) is 0. The van der Waals surface area contributed by atoms with E-state index in [0.717, 1.165) is 0 Å². The topological polar surface area (TPSA) is 17.1 Å². The van der Waals surface area contributed by atoms with Gasteiger partial charge in [-0.3, -0.25) is 0 Å². The Kier molecular flexibility index (Phi) is 99.3. The third-order valence-electron chi connectivity index (χ3n) is 0. The average molecular weight is 342 g/mol. The van der Waals surface area contributed by atoms with Gasteiger partial charge >= 0.3 is 20.0 Å². The van der Waals surface area contributed by atoms with E-state index < -0.39 is 0 Å². The van der Waals surface area contributed by atoms with Gasteiger partial charge < -0.3 is 0 Å². The molecule has 1 nitrogen and oxygen atoms in total. The van der Waals surface area contributed by atoms with Crippen LogP contribution in [0.3, 0.4) is 0 Å². The molecular weight excluding hydrogens is 341 g/mol. The van der Waals surface area contributed by atoms with Gasteiger partial charge in [0.05, 0.1) is 0 Å². The molecule has 0 aromatic rings. The molecule has 0 aliphatic rings. The summed E-state index contributed by atoms with van der Waals surface area (Å²) in [6.07, 6.45) is 0. The summed E-state index contributed by atoms with van der Waals surface area (Å²) in [6, 6.07) is 0. The van der Waals surface area contributed by atoms with Gasteiger partial charge in [0.25, 0.3) is 0 Å². The van der Waals surface area contributed by atoms with Crippen LogP contribution < -0.4 is 0 Å². The predicted molar refractivity (Wildman–Crippen MR) is 7.84 cm³/mol. The molecule has 0 aliphatic heterocycles. The zero-order valence-corrected chi connectivity index (χ0v) is 7.09. The molecule has 0 fully saturated rings. The maximum Gasteiger partial charge on any atom is 0 e. The monoisotopic (exact) mass is 342 g/mol. The van der Waals surface area contributed by atoms with Gasteiger partial charge in [-0.15, -0.1) is 0 Å². The fourth-order valence-corrected chi connectivity index (χ4v) is 0. The van der Waals surface area contributed by atoms with Crippen LogP contribution in [0.25, 0.3) is 0 Å². The third kappa shape index (κ3) is 9.43. The van der Waals surface area contributed by atoms with Crippen molar-refractivity contribution in [1.29, 1.82) is 0 Å². The summed E-state index contributed by atoms with van der Waals surface area (Å²) in [7, 11) is 0. The van der Waals surface area contributed by atoms with Gasteiger partial charge in [-0.25, -0.2) is 0 Å². The zero-order valence-electron chi connectivity index (χ0n) is 1.76. The van der Waals surface area contributed by atoms with E-state index in [1.807, 2.05) is 0 Å². The smallest absolute Gasteiger partial charge is 0 e. The van der Waals surface area contributed by atoms with Gasteiger partial charge in [-0.05, 0) is 0 Å². The zero-order chi connectivity index (χ0) is 2.00. The Morgan fingerprint density at radius 1 is 1.25 bits per heavy atom. The molecule has 0 spiro atoms. The molecule has 0 amide bonds. The third-order valence-corrected chi connectivity index (χ3v) is 0. The minimum Gasteiger partial charge on any atom is 0 e. The molecule has 4 heavy (non-hydrogen) atoms. The number of hydrogen-bond acceptors (Lipinski definition) is 1. The first-order chi connectivity index (χ1) is 1.00. The summed E-state index contributed by atoms with van der Waals surface area (Å²) in [5.74, 6) is 0. The van der Waals surface area contributed by atoms with E-state index in [0.29, 0.717) is 16.2 Å². The standard InChI is InChI=1S/Al.O.Pt.Rh.H. The van der Waals surface area contributed by atoms with Gasteiger partial charge in [0.2, 0.25) is 0 Å². The van der Waals surface area contributed by atoms with Crippen LogP contribution in [0.5, 0.6) is 0 Å². The van der Waals surface area contributed by atoms with E-state index >= 15 is 0 Å². The van der Waals surface area contributed by atoms with Crippen molar-refractivity contribution in [2.45, 2.75) is 0 Å². The molecule has 0 saturated heterocycles. The van der Waals surface area contributed by atoms with Crippen LogP contribution in [0.15, 0.2) is 0 Å². The summed E-state index contributed by atoms with van der Waals surface area (Å²) in [4.78, 5) is 0. The van der Waals surface area contributed by atoms with Crippen molar-refractivity contribution in [2.24, 2.45) is 0 Å². The summed E-state index contributed by atoms with van der Waals surface area (Å²) in [5.41, 5.74) is 0. The van der Waals surface area contributed by atoms with Crippen LogP contribution in [-0.4, -0.2) is 16.2 Å². The molecule has 0 unspecified atom stereocenters. The largest absolute Gasteiger partial charge is 0 e. The van der Waals surface area contributed by atoms with Crippen molar-refractivity contribution in [3.8, 4) is 0 Å². The fraction of sp³-hybridized carbons (Fsp3) is 0. The first-order valence-electron chi connectivity index (χ1n) is 0.289. The molecule has 0 aliphatic carbocycles. The minimum atomic E-state index is 0. The number of rotatable bonds is 0. The first kappa shape index (κ1) is 17.4. The molecule has 0 bridgehead atoms. The van der Waals surface area contributed by atoms with Crippen molar-refractivity contribution in [3.05, 3.63) is 0 Å². The van der Waals surface area contributed by atoms with Gasteiger partial charge in [0.15, 0.2) is 0 Å². The average Bonchev–Trinajstić information content (AvgIpc) is 1.00.